The van der Waals surface area contributed by atoms with Gasteiger partial charge < -0.3 is 14.6 Å². The third-order valence-corrected chi connectivity index (χ3v) is 3.96. The SMILES string of the molecule is CCN1CCC(NC(C)CCc2ccco2)CC1. The molecular weight excluding hydrogens is 224 g/mol. The first kappa shape index (κ1) is 13.6. The molecule has 1 N–H and O–H groups in total. The van der Waals surface area contributed by atoms with E-state index in [9.17, 15) is 0 Å². The van der Waals surface area contributed by atoms with Gasteiger partial charge in [-0.3, -0.25) is 0 Å². The Morgan fingerprint density at radius 1 is 1.44 bits per heavy atom. The lowest BCUT2D eigenvalue weighted by molar-refractivity contribution is 0.198. The third-order valence-electron chi connectivity index (χ3n) is 3.96. The predicted octanol–water partition coefficient (Wildman–Crippen LogP) is 2.67. The van der Waals surface area contributed by atoms with E-state index >= 15 is 0 Å². The highest BCUT2D eigenvalue weighted by Crippen LogP contribution is 2.12. The summed E-state index contributed by atoms with van der Waals surface area (Å²) in [4.78, 5) is 2.53. The number of likely N-dealkylation sites (tertiary alicyclic amines) is 1. The molecule has 1 atom stereocenters. The normalized spacial score (nSPS) is 20.1. The topological polar surface area (TPSA) is 28.4 Å². The number of piperidine rings is 1. The number of aryl methyl sites for hydroxylation is 1. The molecule has 2 rings (SSSR count). The van der Waals surface area contributed by atoms with Crippen molar-refractivity contribution in [1.82, 2.24) is 10.2 Å². The summed E-state index contributed by atoms with van der Waals surface area (Å²) in [7, 11) is 0. The summed E-state index contributed by atoms with van der Waals surface area (Å²) in [5, 5.41) is 3.76. The van der Waals surface area contributed by atoms with Gasteiger partial charge in [0.2, 0.25) is 0 Å². The summed E-state index contributed by atoms with van der Waals surface area (Å²) in [6.07, 6.45) is 6.53. The van der Waals surface area contributed by atoms with Crippen LogP contribution in [0.25, 0.3) is 0 Å². The highest BCUT2D eigenvalue weighted by molar-refractivity contribution is 4.98. The Morgan fingerprint density at radius 3 is 2.83 bits per heavy atom. The van der Waals surface area contributed by atoms with Gasteiger partial charge in [0.15, 0.2) is 0 Å². The van der Waals surface area contributed by atoms with E-state index in [1.807, 2.05) is 6.07 Å². The van der Waals surface area contributed by atoms with E-state index in [2.05, 4.69) is 30.1 Å². The molecule has 0 aliphatic carbocycles. The Balaban J connectivity index is 1.64. The van der Waals surface area contributed by atoms with Crippen LogP contribution in [0.1, 0.15) is 38.9 Å². The number of nitrogens with one attached hydrogen (secondary N) is 1. The highest BCUT2D eigenvalue weighted by atomic mass is 16.3. The van der Waals surface area contributed by atoms with E-state index in [1.165, 1.54) is 32.5 Å². The van der Waals surface area contributed by atoms with Crippen molar-refractivity contribution in [3.8, 4) is 0 Å². The first-order valence-electron chi connectivity index (χ1n) is 7.28. The van der Waals surface area contributed by atoms with Crippen LogP contribution in [0.15, 0.2) is 22.8 Å². The summed E-state index contributed by atoms with van der Waals surface area (Å²) in [6.45, 7) is 8.23. The van der Waals surface area contributed by atoms with E-state index in [4.69, 9.17) is 4.42 Å². The number of nitrogens with zero attached hydrogens (tertiary/aromatic N) is 1. The van der Waals surface area contributed by atoms with Gasteiger partial charge in [0.25, 0.3) is 0 Å². The van der Waals surface area contributed by atoms with Crippen molar-refractivity contribution >= 4 is 0 Å². The quantitative estimate of drug-likeness (QED) is 0.841. The zero-order valence-corrected chi connectivity index (χ0v) is 11.7. The Labute approximate surface area is 111 Å². The van der Waals surface area contributed by atoms with Gasteiger partial charge in [-0.25, -0.2) is 0 Å². The smallest absolute Gasteiger partial charge is 0.103 e. The molecule has 0 bridgehead atoms. The number of rotatable bonds is 6. The van der Waals surface area contributed by atoms with Crippen LogP contribution >= 0.6 is 0 Å². The van der Waals surface area contributed by atoms with Gasteiger partial charge in [-0.15, -0.1) is 0 Å². The minimum absolute atomic E-state index is 0.577. The molecule has 3 heteroatoms. The van der Waals surface area contributed by atoms with Crippen LogP contribution in [0.2, 0.25) is 0 Å². The van der Waals surface area contributed by atoms with Crippen molar-refractivity contribution in [3.63, 3.8) is 0 Å². The van der Waals surface area contributed by atoms with Crippen molar-refractivity contribution in [1.29, 1.82) is 0 Å². The molecule has 18 heavy (non-hydrogen) atoms. The van der Waals surface area contributed by atoms with Gasteiger partial charge in [0, 0.05) is 18.5 Å². The van der Waals surface area contributed by atoms with Crippen molar-refractivity contribution < 1.29 is 4.42 Å². The van der Waals surface area contributed by atoms with Crippen molar-refractivity contribution in [3.05, 3.63) is 24.2 Å². The molecule has 1 fully saturated rings. The summed E-state index contributed by atoms with van der Waals surface area (Å²) in [6, 6.07) is 5.31. The van der Waals surface area contributed by atoms with Gasteiger partial charge in [-0.05, 0) is 58.0 Å². The van der Waals surface area contributed by atoms with Crippen LogP contribution in [0.3, 0.4) is 0 Å². The Bertz CT molecular complexity index is 315. The minimum Gasteiger partial charge on any atom is -0.469 e. The lowest BCUT2D eigenvalue weighted by Crippen LogP contribution is -2.45. The fraction of sp³-hybridized carbons (Fsp3) is 0.733. The van der Waals surface area contributed by atoms with Gasteiger partial charge in [-0.1, -0.05) is 6.92 Å². The predicted molar refractivity (Wildman–Crippen MR) is 74.8 cm³/mol. The zero-order chi connectivity index (χ0) is 12.8. The van der Waals surface area contributed by atoms with Gasteiger partial charge >= 0.3 is 0 Å². The lowest BCUT2D eigenvalue weighted by atomic mass is 10.0. The molecule has 1 aromatic heterocycles. The molecule has 1 aromatic rings. The van der Waals surface area contributed by atoms with E-state index in [0.717, 1.165) is 18.6 Å². The van der Waals surface area contributed by atoms with Crippen LogP contribution in [0, 0.1) is 0 Å². The molecule has 2 heterocycles. The monoisotopic (exact) mass is 250 g/mol. The van der Waals surface area contributed by atoms with E-state index in [-0.39, 0.29) is 0 Å². The highest BCUT2D eigenvalue weighted by Gasteiger charge is 2.19. The summed E-state index contributed by atoms with van der Waals surface area (Å²) in [5.41, 5.74) is 0. The fourth-order valence-corrected chi connectivity index (χ4v) is 2.72. The average molecular weight is 250 g/mol. The molecule has 1 saturated heterocycles. The first-order valence-corrected chi connectivity index (χ1v) is 7.28. The third kappa shape index (κ3) is 4.14. The number of furan rings is 1. The van der Waals surface area contributed by atoms with Crippen LogP contribution < -0.4 is 5.32 Å². The largest absolute Gasteiger partial charge is 0.469 e. The lowest BCUT2D eigenvalue weighted by Gasteiger charge is -2.33. The fourth-order valence-electron chi connectivity index (χ4n) is 2.72. The molecule has 0 amide bonds. The molecule has 102 valence electrons. The molecule has 0 saturated carbocycles. The van der Waals surface area contributed by atoms with Crippen molar-refractivity contribution in [2.45, 2.75) is 51.6 Å². The molecule has 1 aliphatic heterocycles. The van der Waals surface area contributed by atoms with Gasteiger partial charge in [0.1, 0.15) is 5.76 Å². The number of hydrogen-bond donors (Lipinski definition) is 1. The second-order valence-corrected chi connectivity index (χ2v) is 5.39. The minimum atomic E-state index is 0.577. The van der Waals surface area contributed by atoms with Crippen molar-refractivity contribution in [2.75, 3.05) is 19.6 Å². The van der Waals surface area contributed by atoms with E-state index in [1.54, 1.807) is 6.26 Å². The molecule has 0 spiro atoms. The van der Waals surface area contributed by atoms with Crippen LogP contribution in [0.4, 0.5) is 0 Å². The Morgan fingerprint density at radius 2 is 2.22 bits per heavy atom. The maximum atomic E-state index is 5.37. The Hall–Kier alpha value is -0.800. The standard InChI is InChI=1S/C15H26N2O/c1-3-17-10-8-14(9-11-17)16-13(2)6-7-15-5-4-12-18-15/h4-5,12-14,16H,3,6-11H2,1-2H3. The van der Waals surface area contributed by atoms with E-state index in [0.29, 0.717) is 12.1 Å². The van der Waals surface area contributed by atoms with Gasteiger partial charge in [0.05, 0.1) is 6.26 Å². The molecule has 1 aliphatic rings. The van der Waals surface area contributed by atoms with Crippen LogP contribution in [-0.2, 0) is 6.42 Å². The Kier molecular flexibility index (Phi) is 5.26. The summed E-state index contributed by atoms with van der Waals surface area (Å²) >= 11 is 0. The molecular formula is C15H26N2O. The summed E-state index contributed by atoms with van der Waals surface area (Å²) < 4.78 is 5.37. The molecule has 0 aromatic carbocycles. The second-order valence-electron chi connectivity index (χ2n) is 5.39. The summed E-state index contributed by atoms with van der Waals surface area (Å²) in [5.74, 6) is 1.10. The zero-order valence-electron chi connectivity index (χ0n) is 11.7. The number of hydrogen-bond acceptors (Lipinski definition) is 3. The van der Waals surface area contributed by atoms with Gasteiger partial charge in [-0.2, -0.15) is 0 Å². The maximum Gasteiger partial charge on any atom is 0.103 e. The van der Waals surface area contributed by atoms with Crippen LogP contribution in [-0.4, -0.2) is 36.6 Å². The molecule has 0 radical (unpaired) electrons. The first-order chi connectivity index (χ1) is 8.78. The average Bonchev–Trinajstić information content (AvgIpc) is 2.90. The maximum absolute atomic E-state index is 5.37. The second kappa shape index (κ2) is 6.95. The molecule has 3 nitrogen and oxygen atoms in total. The van der Waals surface area contributed by atoms with Crippen molar-refractivity contribution in [2.24, 2.45) is 0 Å². The van der Waals surface area contributed by atoms with Crippen LogP contribution in [0.5, 0.6) is 0 Å². The van der Waals surface area contributed by atoms with E-state index < -0.39 is 0 Å². The molecule has 1 unspecified atom stereocenters.